The molecule has 0 rings (SSSR count). The van der Waals surface area contributed by atoms with Crippen LogP contribution in [0.5, 0.6) is 0 Å². The maximum Gasteiger partial charge on any atom is 0.410 e. The van der Waals surface area contributed by atoms with Crippen LogP contribution >= 0.6 is 0 Å². The Hall–Kier alpha value is -1.09. The van der Waals surface area contributed by atoms with Gasteiger partial charge in [0, 0.05) is 26.8 Å². The predicted molar refractivity (Wildman–Crippen MR) is 137 cm³/mol. The molecule has 222 valence electrons. The molecule has 1 amide bonds. The molecular formula is C25H51NO11. The minimum atomic E-state index is -0.505. The molecule has 0 aliphatic rings. The van der Waals surface area contributed by atoms with Crippen molar-refractivity contribution >= 4 is 6.09 Å². The lowest BCUT2D eigenvalue weighted by Crippen LogP contribution is -2.36. The average molecular weight is 542 g/mol. The van der Waals surface area contributed by atoms with Gasteiger partial charge in [0.15, 0.2) is 0 Å². The maximum atomic E-state index is 11.8. The van der Waals surface area contributed by atoms with Crippen molar-refractivity contribution in [1.29, 1.82) is 0 Å². The van der Waals surface area contributed by atoms with Gasteiger partial charge in [-0.05, 0) is 27.2 Å². The molecule has 37 heavy (non-hydrogen) atoms. The first-order valence-corrected chi connectivity index (χ1v) is 13.0. The monoisotopic (exact) mass is 541 g/mol. The molecule has 1 N–H and O–H groups in total. The molecule has 0 radical (unpaired) electrons. The average Bonchev–Trinajstić information content (AvgIpc) is 2.85. The number of rotatable bonds is 27. The van der Waals surface area contributed by atoms with Crippen LogP contribution in [0.4, 0.5) is 4.79 Å². The summed E-state index contributed by atoms with van der Waals surface area (Å²) in [5, 5.41) is 8.62. The van der Waals surface area contributed by atoms with Crippen LogP contribution in [0.15, 0.2) is 0 Å². The number of ether oxygens (including phenoxy) is 9. The third kappa shape index (κ3) is 29.3. The summed E-state index contributed by atoms with van der Waals surface area (Å²) in [4.78, 5) is 13.3. The molecule has 0 saturated carbocycles. The minimum Gasteiger partial charge on any atom is -0.444 e. The number of carbonyl (C=O) groups is 1. The number of aliphatic hydroxyl groups is 1. The molecule has 0 bridgehead atoms. The topological polar surface area (TPSA) is 124 Å². The Balaban J connectivity index is 3.17. The van der Waals surface area contributed by atoms with Gasteiger partial charge in [-0.1, -0.05) is 0 Å². The summed E-state index contributed by atoms with van der Waals surface area (Å²) in [7, 11) is 1.68. The highest BCUT2D eigenvalue weighted by Crippen LogP contribution is 2.08. The third-order valence-corrected chi connectivity index (χ3v) is 4.33. The number of nitrogens with zero attached hydrogens (tertiary/aromatic N) is 1. The zero-order valence-corrected chi connectivity index (χ0v) is 23.4. The molecule has 0 aliphatic carbocycles. The second-order valence-corrected chi connectivity index (χ2v) is 8.88. The number of amides is 1. The molecular weight excluding hydrogens is 490 g/mol. The quantitative estimate of drug-likeness (QED) is 0.152. The zero-order valence-electron chi connectivity index (χ0n) is 23.4. The SMILES string of the molecule is CN(CCOCCOCCOCCOCCOCCOCCOCCOCCCO)C(=O)OC(C)(C)C. The van der Waals surface area contributed by atoms with Gasteiger partial charge < -0.3 is 52.6 Å². The number of likely N-dealkylation sites (N-methyl/N-ethyl adjacent to an activating group) is 1. The lowest BCUT2D eigenvalue weighted by Gasteiger charge is -2.24. The molecule has 0 aromatic carbocycles. The van der Waals surface area contributed by atoms with Gasteiger partial charge in [0.05, 0.1) is 99.1 Å². The van der Waals surface area contributed by atoms with E-state index in [2.05, 4.69) is 0 Å². The lowest BCUT2D eigenvalue weighted by molar-refractivity contribution is -0.0238. The fourth-order valence-electron chi connectivity index (χ4n) is 2.44. The predicted octanol–water partition coefficient (Wildman–Crippen LogP) is 1.37. The van der Waals surface area contributed by atoms with Crippen molar-refractivity contribution in [3.8, 4) is 0 Å². The molecule has 0 saturated heterocycles. The smallest absolute Gasteiger partial charge is 0.410 e. The van der Waals surface area contributed by atoms with E-state index in [-0.39, 0.29) is 12.7 Å². The van der Waals surface area contributed by atoms with Crippen molar-refractivity contribution in [2.45, 2.75) is 32.8 Å². The summed E-state index contributed by atoms with van der Waals surface area (Å²) in [5.74, 6) is 0. The van der Waals surface area contributed by atoms with Crippen LogP contribution in [0, 0.1) is 0 Å². The Bertz CT molecular complexity index is 492. The fraction of sp³-hybridized carbons (Fsp3) is 0.960. The third-order valence-electron chi connectivity index (χ3n) is 4.33. The molecule has 12 heteroatoms. The van der Waals surface area contributed by atoms with E-state index in [4.69, 9.17) is 47.7 Å². The van der Waals surface area contributed by atoms with Crippen molar-refractivity contribution in [3.05, 3.63) is 0 Å². The second-order valence-electron chi connectivity index (χ2n) is 8.88. The van der Waals surface area contributed by atoms with Crippen LogP contribution in [-0.2, 0) is 42.6 Å². The standard InChI is InChI=1S/C25H51NO11/c1-25(2,3)37-24(28)26(4)6-9-30-11-13-32-15-17-34-19-21-36-23-22-35-20-18-33-16-14-31-12-10-29-8-5-7-27/h27H,5-23H2,1-4H3. The number of hydrogen-bond acceptors (Lipinski definition) is 11. The number of hydrogen-bond donors (Lipinski definition) is 1. The van der Waals surface area contributed by atoms with Gasteiger partial charge in [0.2, 0.25) is 0 Å². The van der Waals surface area contributed by atoms with Crippen LogP contribution in [0.1, 0.15) is 27.2 Å². The van der Waals surface area contributed by atoms with E-state index < -0.39 is 5.60 Å². The first kappa shape index (κ1) is 35.9. The summed E-state index contributed by atoms with van der Waals surface area (Å²) in [6.07, 6.45) is 0.286. The summed E-state index contributed by atoms with van der Waals surface area (Å²) in [6.45, 7) is 14.0. The highest BCUT2D eigenvalue weighted by atomic mass is 16.6. The Kier molecular flexibility index (Phi) is 25.7. The van der Waals surface area contributed by atoms with E-state index in [1.54, 1.807) is 7.05 Å². The molecule has 0 heterocycles. The van der Waals surface area contributed by atoms with Crippen molar-refractivity contribution in [2.24, 2.45) is 0 Å². The molecule has 0 unspecified atom stereocenters. The van der Waals surface area contributed by atoms with Crippen LogP contribution in [-0.4, -0.2) is 148 Å². The van der Waals surface area contributed by atoms with Crippen molar-refractivity contribution in [2.75, 3.05) is 126 Å². The van der Waals surface area contributed by atoms with E-state index in [0.717, 1.165) is 0 Å². The number of aliphatic hydroxyl groups excluding tert-OH is 1. The van der Waals surface area contributed by atoms with Crippen molar-refractivity contribution < 1.29 is 52.5 Å². The van der Waals surface area contributed by atoms with Gasteiger partial charge in [-0.2, -0.15) is 0 Å². The Labute approximate surface area is 222 Å². The summed E-state index contributed by atoms with van der Waals surface area (Å²) >= 11 is 0. The molecule has 0 aliphatic heterocycles. The summed E-state index contributed by atoms with van der Waals surface area (Å²) in [5.41, 5.74) is -0.505. The minimum absolute atomic E-state index is 0.146. The molecule has 0 fully saturated rings. The van der Waals surface area contributed by atoms with E-state index in [1.165, 1.54) is 4.90 Å². The van der Waals surface area contributed by atoms with Gasteiger partial charge >= 0.3 is 6.09 Å². The highest BCUT2D eigenvalue weighted by molar-refractivity contribution is 5.67. The van der Waals surface area contributed by atoms with Gasteiger partial charge in [-0.3, -0.25) is 0 Å². The largest absolute Gasteiger partial charge is 0.444 e. The van der Waals surface area contributed by atoms with E-state index in [0.29, 0.717) is 119 Å². The van der Waals surface area contributed by atoms with Gasteiger partial charge in [0.25, 0.3) is 0 Å². The molecule has 0 aromatic heterocycles. The van der Waals surface area contributed by atoms with Crippen LogP contribution < -0.4 is 0 Å². The van der Waals surface area contributed by atoms with Gasteiger partial charge in [0.1, 0.15) is 5.60 Å². The zero-order chi connectivity index (χ0) is 27.5. The van der Waals surface area contributed by atoms with Crippen LogP contribution in [0.25, 0.3) is 0 Å². The Morgan fingerprint density at radius 3 is 1.16 bits per heavy atom. The maximum absolute atomic E-state index is 11.8. The van der Waals surface area contributed by atoms with Crippen molar-refractivity contribution in [1.82, 2.24) is 4.90 Å². The van der Waals surface area contributed by atoms with Gasteiger partial charge in [-0.15, -0.1) is 0 Å². The number of carbonyl (C=O) groups excluding carboxylic acids is 1. The van der Waals surface area contributed by atoms with E-state index in [1.807, 2.05) is 20.8 Å². The fourth-order valence-corrected chi connectivity index (χ4v) is 2.44. The lowest BCUT2D eigenvalue weighted by atomic mass is 10.2. The highest BCUT2D eigenvalue weighted by Gasteiger charge is 2.19. The summed E-state index contributed by atoms with van der Waals surface area (Å²) < 4.78 is 48.5. The van der Waals surface area contributed by atoms with Crippen LogP contribution in [0.3, 0.4) is 0 Å². The van der Waals surface area contributed by atoms with Gasteiger partial charge in [-0.25, -0.2) is 4.79 Å². The van der Waals surface area contributed by atoms with E-state index in [9.17, 15) is 4.79 Å². The Morgan fingerprint density at radius 1 is 0.568 bits per heavy atom. The van der Waals surface area contributed by atoms with E-state index >= 15 is 0 Å². The summed E-state index contributed by atoms with van der Waals surface area (Å²) in [6, 6.07) is 0. The van der Waals surface area contributed by atoms with Crippen LogP contribution in [0.2, 0.25) is 0 Å². The molecule has 0 aromatic rings. The van der Waals surface area contributed by atoms with Crippen molar-refractivity contribution in [3.63, 3.8) is 0 Å². The molecule has 0 spiro atoms. The molecule has 12 nitrogen and oxygen atoms in total. The Morgan fingerprint density at radius 2 is 0.865 bits per heavy atom. The first-order chi connectivity index (χ1) is 17.9. The first-order valence-electron chi connectivity index (χ1n) is 13.0. The second kappa shape index (κ2) is 26.5. The molecule has 0 atom stereocenters. The normalized spacial score (nSPS) is 11.7.